The maximum absolute atomic E-state index is 13.0. The van der Waals surface area contributed by atoms with E-state index in [1.54, 1.807) is 6.07 Å². The Bertz CT molecular complexity index is 1340. The molecule has 0 saturated heterocycles. The number of fused-ring (bicyclic) bond motifs is 1. The summed E-state index contributed by atoms with van der Waals surface area (Å²) in [4.78, 5) is 26.7. The van der Waals surface area contributed by atoms with Crippen molar-refractivity contribution >= 4 is 32.3 Å². The van der Waals surface area contributed by atoms with Crippen molar-refractivity contribution < 1.29 is 8.42 Å². The molecule has 3 aromatic rings. The van der Waals surface area contributed by atoms with E-state index in [-0.39, 0.29) is 10.3 Å². The summed E-state index contributed by atoms with van der Waals surface area (Å²) in [6.07, 6.45) is 0. The van der Waals surface area contributed by atoms with Crippen LogP contribution in [-0.4, -0.2) is 30.6 Å². The SMILES string of the molecule is CCN(CC)c1ccc(NS(=O)(=O)c2ccc3c(c2)c(=O)n(C)c(=O)n3C)c(C)c1. The number of sulfonamides is 1. The summed E-state index contributed by atoms with van der Waals surface area (Å²) in [6.45, 7) is 7.69. The van der Waals surface area contributed by atoms with Gasteiger partial charge in [0.05, 0.1) is 21.5 Å². The van der Waals surface area contributed by atoms with Crippen LogP contribution in [-0.2, 0) is 24.1 Å². The van der Waals surface area contributed by atoms with Crippen LogP contribution in [0.15, 0.2) is 50.9 Å². The van der Waals surface area contributed by atoms with E-state index in [9.17, 15) is 18.0 Å². The van der Waals surface area contributed by atoms with Crippen molar-refractivity contribution in [1.82, 2.24) is 9.13 Å². The van der Waals surface area contributed by atoms with Gasteiger partial charge in [-0.05, 0) is 62.7 Å². The Labute approximate surface area is 175 Å². The van der Waals surface area contributed by atoms with Crippen LogP contribution in [0, 0.1) is 6.92 Å². The number of aryl methyl sites for hydroxylation is 2. The van der Waals surface area contributed by atoms with Crippen molar-refractivity contribution in [2.45, 2.75) is 25.7 Å². The minimum atomic E-state index is -3.92. The molecule has 0 saturated carbocycles. The van der Waals surface area contributed by atoms with Crippen molar-refractivity contribution in [2.75, 3.05) is 22.7 Å². The molecule has 3 rings (SSSR count). The van der Waals surface area contributed by atoms with Crippen LogP contribution >= 0.6 is 0 Å². The quantitative estimate of drug-likeness (QED) is 0.647. The first kappa shape index (κ1) is 21.6. The lowest BCUT2D eigenvalue weighted by Crippen LogP contribution is -2.37. The molecular formula is C21H26N4O4S. The molecule has 0 aliphatic rings. The molecule has 0 fully saturated rings. The first-order chi connectivity index (χ1) is 14.1. The summed E-state index contributed by atoms with van der Waals surface area (Å²) in [5.74, 6) is 0. The Morgan fingerprint density at radius 1 is 0.967 bits per heavy atom. The van der Waals surface area contributed by atoms with Crippen LogP contribution in [0.4, 0.5) is 11.4 Å². The summed E-state index contributed by atoms with van der Waals surface area (Å²) in [6, 6.07) is 9.73. The van der Waals surface area contributed by atoms with E-state index in [1.807, 2.05) is 19.1 Å². The molecule has 160 valence electrons. The van der Waals surface area contributed by atoms with Crippen molar-refractivity contribution in [3.05, 3.63) is 62.8 Å². The molecule has 0 aliphatic carbocycles. The highest BCUT2D eigenvalue weighted by Crippen LogP contribution is 2.25. The van der Waals surface area contributed by atoms with Gasteiger partial charge in [0, 0.05) is 32.9 Å². The Kier molecular flexibility index (Phi) is 5.76. The lowest BCUT2D eigenvalue weighted by Gasteiger charge is -2.22. The molecule has 0 bridgehead atoms. The van der Waals surface area contributed by atoms with Gasteiger partial charge in [-0.15, -0.1) is 0 Å². The maximum atomic E-state index is 13.0. The van der Waals surface area contributed by atoms with Gasteiger partial charge in [0.1, 0.15) is 0 Å². The molecule has 30 heavy (non-hydrogen) atoms. The number of nitrogens with zero attached hydrogens (tertiary/aromatic N) is 3. The molecule has 8 nitrogen and oxygen atoms in total. The highest BCUT2D eigenvalue weighted by molar-refractivity contribution is 7.92. The highest BCUT2D eigenvalue weighted by Gasteiger charge is 2.18. The zero-order chi connectivity index (χ0) is 22.2. The summed E-state index contributed by atoms with van der Waals surface area (Å²) < 4.78 is 30.8. The zero-order valence-electron chi connectivity index (χ0n) is 17.8. The van der Waals surface area contributed by atoms with Crippen molar-refractivity contribution in [3.63, 3.8) is 0 Å². The second-order valence-corrected chi connectivity index (χ2v) is 8.84. The van der Waals surface area contributed by atoms with Gasteiger partial charge >= 0.3 is 5.69 Å². The topological polar surface area (TPSA) is 93.4 Å². The summed E-state index contributed by atoms with van der Waals surface area (Å²) >= 11 is 0. The molecule has 2 aromatic carbocycles. The molecule has 1 aromatic heterocycles. The number of rotatable bonds is 6. The van der Waals surface area contributed by atoms with Crippen LogP contribution in [0.25, 0.3) is 10.9 Å². The predicted octanol–water partition coefficient (Wildman–Crippen LogP) is 2.19. The molecule has 0 radical (unpaired) electrons. The van der Waals surface area contributed by atoms with Crippen LogP contribution in [0.3, 0.4) is 0 Å². The lowest BCUT2D eigenvalue weighted by atomic mass is 10.1. The highest BCUT2D eigenvalue weighted by atomic mass is 32.2. The predicted molar refractivity (Wildman–Crippen MR) is 120 cm³/mol. The number of aromatic nitrogens is 2. The van der Waals surface area contributed by atoms with Gasteiger partial charge in [-0.1, -0.05) is 0 Å². The minimum absolute atomic E-state index is 0.0435. The Balaban J connectivity index is 2.03. The second-order valence-electron chi connectivity index (χ2n) is 7.16. The van der Waals surface area contributed by atoms with Gasteiger partial charge in [-0.3, -0.25) is 18.7 Å². The molecule has 1 heterocycles. The summed E-state index contributed by atoms with van der Waals surface area (Å²) in [5, 5.41) is 0.163. The molecule has 0 atom stereocenters. The fourth-order valence-electron chi connectivity index (χ4n) is 3.49. The number of benzene rings is 2. The lowest BCUT2D eigenvalue weighted by molar-refractivity contribution is 0.601. The average molecular weight is 431 g/mol. The third-order valence-electron chi connectivity index (χ3n) is 5.33. The molecule has 0 spiro atoms. The number of anilines is 2. The first-order valence-electron chi connectivity index (χ1n) is 9.69. The Morgan fingerprint density at radius 2 is 1.63 bits per heavy atom. The van der Waals surface area contributed by atoms with Gasteiger partial charge in [0.15, 0.2) is 0 Å². The molecule has 1 N–H and O–H groups in total. The van der Waals surface area contributed by atoms with E-state index in [0.717, 1.165) is 28.9 Å². The number of hydrogen-bond donors (Lipinski definition) is 1. The maximum Gasteiger partial charge on any atom is 0.330 e. The van der Waals surface area contributed by atoms with E-state index in [2.05, 4.69) is 23.5 Å². The smallest absolute Gasteiger partial charge is 0.330 e. The fraction of sp³-hybridized carbons (Fsp3) is 0.333. The van der Waals surface area contributed by atoms with Gasteiger partial charge in [0.2, 0.25) is 0 Å². The molecule has 9 heteroatoms. The largest absolute Gasteiger partial charge is 0.372 e. The van der Waals surface area contributed by atoms with Crippen molar-refractivity contribution in [2.24, 2.45) is 14.1 Å². The van der Waals surface area contributed by atoms with Gasteiger partial charge < -0.3 is 4.90 Å². The van der Waals surface area contributed by atoms with Gasteiger partial charge in [0.25, 0.3) is 15.6 Å². The van der Waals surface area contributed by atoms with Crippen LogP contribution in [0.2, 0.25) is 0 Å². The zero-order valence-corrected chi connectivity index (χ0v) is 18.6. The van der Waals surface area contributed by atoms with E-state index in [1.165, 1.54) is 36.9 Å². The molecular weight excluding hydrogens is 404 g/mol. The Hall–Kier alpha value is -3.07. The molecule has 0 aliphatic heterocycles. The van der Waals surface area contributed by atoms with Crippen LogP contribution in [0.5, 0.6) is 0 Å². The van der Waals surface area contributed by atoms with E-state index >= 15 is 0 Å². The van der Waals surface area contributed by atoms with E-state index < -0.39 is 21.3 Å². The van der Waals surface area contributed by atoms with Crippen molar-refractivity contribution in [3.8, 4) is 0 Å². The number of hydrogen-bond acceptors (Lipinski definition) is 5. The van der Waals surface area contributed by atoms with Gasteiger partial charge in [-0.2, -0.15) is 0 Å². The minimum Gasteiger partial charge on any atom is -0.372 e. The van der Waals surface area contributed by atoms with E-state index in [4.69, 9.17) is 0 Å². The average Bonchev–Trinajstić information content (AvgIpc) is 2.73. The summed E-state index contributed by atoms with van der Waals surface area (Å²) in [5.41, 5.74) is 1.66. The van der Waals surface area contributed by atoms with Crippen LogP contribution < -0.4 is 20.9 Å². The standard InChI is InChI=1S/C21H26N4O4S/c1-6-25(7-2)15-8-10-18(14(3)12-15)22-30(28,29)16-9-11-19-17(13-16)20(26)24(5)21(27)23(19)4/h8-13,22H,6-7H2,1-5H3. The normalized spacial score (nSPS) is 11.6. The second kappa shape index (κ2) is 7.98. The Morgan fingerprint density at radius 3 is 2.23 bits per heavy atom. The number of nitrogens with one attached hydrogen (secondary N) is 1. The van der Waals surface area contributed by atoms with Crippen molar-refractivity contribution in [1.29, 1.82) is 0 Å². The summed E-state index contributed by atoms with van der Waals surface area (Å²) in [7, 11) is -1.02. The molecule has 0 unspecified atom stereocenters. The fourth-order valence-corrected chi connectivity index (χ4v) is 4.65. The third kappa shape index (κ3) is 3.72. The van der Waals surface area contributed by atoms with E-state index in [0.29, 0.717) is 11.2 Å². The first-order valence-corrected chi connectivity index (χ1v) is 11.2. The monoisotopic (exact) mass is 430 g/mol. The van der Waals surface area contributed by atoms with Crippen LogP contribution in [0.1, 0.15) is 19.4 Å². The third-order valence-corrected chi connectivity index (χ3v) is 6.69. The van der Waals surface area contributed by atoms with Gasteiger partial charge in [-0.25, -0.2) is 13.2 Å². The molecule has 0 amide bonds.